The molecule has 0 atom stereocenters. The summed E-state index contributed by atoms with van der Waals surface area (Å²) in [7, 11) is 0. The monoisotopic (exact) mass is 491 g/mol. The van der Waals surface area contributed by atoms with Crippen LogP contribution < -0.4 is 10.1 Å². The highest BCUT2D eigenvalue weighted by atomic mass is 16.5. The summed E-state index contributed by atoms with van der Waals surface area (Å²) in [6, 6.07) is 20.5. The highest BCUT2D eigenvalue weighted by molar-refractivity contribution is 5.88. The number of benzene rings is 3. The van der Waals surface area contributed by atoms with Crippen LogP contribution in [0.5, 0.6) is 5.75 Å². The fraction of sp³-hybridized carbons (Fsp3) is 0.345. The third-order valence-corrected chi connectivity index (χ3v) is 5.82. The van der Waals surface area contributed by atoms with E-state index >= 15 is 0 Å². The van der Waals surface area contributed by atoms with Gasteiger partial charge in [0.05, 0.1) is 6.61 Å². The minimum absolute atomic E-state index is 0.0940. The highest BCUT2D eigenvalue weighted by Gasteiger charge is 2.34. The smallest absolute Gasteiger partial charge is 0.302 e. The summed E-state index contributed by atoms with van der Waals surface area (Å²) in [5, 5.41) is 5.08. The van der Waals surface area contributed by atoms with Gasteiger partial charge in [0.1, 0.15) is 24.5 Å². The van der Waals surface area contributed by atoms with E-state index in [4.69, 9.17) is 14.2 Å². The van der Waals surface area contributed by atoms with Gasteiger partial charge in [-0.2, -0.15) is 0 Å². The molecule has 3 rings (SSSR count). The molecule has 0 unspecified atom stereocenters. The summed E-state index contributed by atoms with van der Waals surface area (Å²) >= 11 is 0. The molecule has 0 heterocycles. The van der Waals surface area contributed by atoms with Crippen molar-refractivity contribution in [3.8, 4) is 16.9 Å². The minimum atomic E-state index is -1.03. The van der Waals surface area contributed by atoms with E-state index in [9.17, 15) is 14.4 Å². The van der Waals surface area contributed by atoms with E-state index in [1.807, 2.05) is 31.2 Å². The maximum absolute atomic E-state index is 12.0. The van der Waals surface area contributed by atoms with Crippen molar-refractivity contribution in [2.75, 3.05) is 19.8 Å². The number of rotatable bonds is 11. The first kappa shape index (κ1) is 26.7. The van der Waals surface area contributed by atoms with Gasteiger partial charge in [0, 0.05) is 20.8 Å². The summed E-state index contributed by atoms with van der Waals surface area (Å²) in [4.78, 5) is 34.9. The molecule has 1 amide bonds. The van der Waals surface area contributed by atoms with Gasteiger partial charge in [-0.25, -0.2) is 0 Å². The van der Waals surface area contributed by atoms with Crippen LogP contribution in [0.1, 0.15) is 39.7 Å². The molecule has 0 bridgehead atoms. The average Bonchev–Trinajstić information content (AvgIpc) is 2.84. The molecule has 3 aromatic rings. The van der Waals surface area contributed by atoms with E-state index in [1.165, 1.54) is 20.8 Å². The second kappa shape index (κ2) is 12.2. The van der Waals surface area contributed by atoms with Crippen molar-refractivity contribution in [2.45, 2.75) is 46.1 Å². The lowest BCUT2D eigenvalue weighted by Gasteiger charge is -2.33. The van der Waals surface area contributed by atoms with E-state index in [1.54, 1.807) is 0 Å². The van der Waals surface area contributed by atoms with Crippen LogP contribution in [0.25, 0.3) is 21.9 Å². The summed E-state index contributed by atoms with van der Waals surface area (Å²) in [5.41, 5.74) is 2.16. The van der Waals surface area contributed by atoms with Gasteiger partial charge in [0.15, 0.2) is 0 Å². The van der Waals surface area contributed by atoms with Crippen molar-refractivity contribution in [2.24, 2.45) is 0 Å². The van der Waals surface area contributed by atoms with Crippen LogP contribution in [0.4, 0.5) is 0 Å². The first-order valence-corrected chi connectivity index (χ1v) is 12.0. The molecule has 3 aromatic carbocycles. The first-order valence-electron chi connectivity index (χ1n) is 12.0. The van der Waals surface area contributed by atoms with Crippen molar-refractivity contribution in [3.05, 3.63) is 66.2 Å². The van der Waals surface area contributed by atoms with Gasteiger partial charge < -0.3 is 19.5 Å². The largest absolute Gasteiger partial charge is 0.494 e. The van der Waals surface area contributed by atoms with E-state index in [-0.39, 0.29) is 19.1 Å². The quantitative estimate of drug-likeness (QED) is 0.386. The molecule has 0 aliphatic rings. The van der Waals surface area contributed by atoms with Crippen molar-refractivity contribution in [3.63, 3.8) is 0 Å². The Labute approximate surface area is 211 Å². The molecule has 0 spiro atoms. The Balaban J connectivity index is 1.83. The Bertz CT molecular complexity index is 1220. The van der Waals surface area contributed by atoms with Gasteiger partial charge in [-0.05, 0) is 65.4 Å². The van der Waals surface area contributed by atoms with Crippen LogP contribution in [-0.2, 0) is 30.3 Å². The van der Waals surface area contributed by atoms with Gasteiger partial charge in [-0.3, -0.25) is 14.4 Å². The van der Waals surface area contributed by atoms with Gasteiger partial charge in [-0.1, -0.05) is 42.5 Å². The molecule has 0 aliphatic heterocycles. The van der Waals surface area contributed by atoms with Crippen molar-refractivity contribution in [1.29, 1.82) is 0 Å². The van der Waals surface area contributed by atoms with Gasteiger partial charge in [-0.15, -0.1) is 0 Å². The number of carbonyl (C=O) groups is 3. The first-order chi connectivity index (χ1) is 17.2. The molecule has 7 nitrogen and oxygen atoms in total. The van der Waals surface area contributed by atoms with Crippen molar-refractivity contribution >= 4 is 28.6 Å². The Hall–Kier alpha value is -3.87. The lowest BCUT2D eigenvalue weighted by Crippen LogP contribution is -2.55. The third-order valence-electron chi connectivity index (χ3n) is 5.82. The summed E-state index contributed by atoms with van der Waals surface area (Å²) in [6.07, 6.45) is 0.983. The Kier molecular flexibility index (Phi) is 9.06. The topological polar surface area (TPSA) is 90.9 Å². The Morgan fingerprint density at radius 2 is 1.44 bits per heavy atom. The number of aryl methyl sites for hydroxylation is 1. The summed E-state index contributed by atoms with van der Waals surface area (Å²) in [6.45, 7) is 6.39. The third kappa shape index (κ3) is 7.57. The number of amides is 1. The number of hydrogen-bond donors (Lipinski definition) is 1. The molecular formula is C29H33NO6. The molecule has 1 N–H and O–H groups in total. The normalized spacial score (nSPS) is 11.1. The zero-order valence-electron chi connectivity index (χ0n) is 21.3. The van der Waals surface area contributed by atoms with Crippen molar-refractivity contribution in [1.82, 2.24) is 5.32 Å². The summed E-state index contributed by atoms with van der Waals surface area (Å²) in [5.74, 6) is -0.393. The van der Waals surface area contributed by atoms with Crippen LogP contribution in [0.15, 0.2) is 60.7 Å². The van der Waals surface area contributed by atoms with E-state index in [0.717, 1.165) is 33.2 Å². The molecule has 7 heteroatoms. The Morgan fingerprint density at radius 3 is 2.08 bits per heavy atom. The number of carbonyl (C=O) groups excluding carboxylic acids is 3. The zero-order chi connectivity index (χ0) is 26.1. The fourth-order valence-electron chi connectivity index (χ4n) is 4.12. The van der Waals surface area contributed by atoms with E-state index < -0.39 is 17.5 Å². The summed E-state index contributed by atoms with van der Waals surface area (Å²) < 4.78 is 16.1. The van der Waals surface area contributed by atoms with Gasteiger partial charge >= 0.3 is 11.9 Å². The van der Waals surface area contributed by atoms with Crippen molar-refractivity contribution < 1.29 is 28.6 Å². The standard InChI is InChI=1S/C29H33NO6/c1-5-34-28-12-11-26-16-25(9-10-27(26)17-28)24-8-6-7-23(15-24)13-14-29(30-20(2)31,18-35-21(3)32)19-36-22(4)33/h6-12,15-17H,5,13-14,18-19H2,1-4H3,(H,30,31). The van der Waals surface area contributed by atoms with E-state index in [2.05, 4.69) is 41.7 Å². The van der Waals surface area contributed by atoms with E-state index in [0.29, 0.717) is 19.4 Å². The second-order valence-electron chi connectivity index (χ2n) is 8.88. The maximum atomic E-state index is 12.0. The molecule has 36 heavy (non-hydrogen) atoms. The predicted octanol–water partition coefficient (Wildman–Crippen LogP) is 4.84. The number of esters is 2. The zero-order valence-corrected chi connectivity index (χ0v) is 21.3. The maximum Gasteiger partial charge on any atom is 0.302 e. The SMILES string of the molecule is CCOc1ccc2cc(-c3cccc(CCC(COC(C)=O)(COC(C)=O)NC(C)=O)c3)ccc2c1. The minimum Gasteiger partial charge on any atom is -0.494 e. The lowest BCUT2D eigenvalue weighted by atomic mass is 9.91. The fourth-order valence-corrected chi connectivity index (χ4v) is 4.12. The average molecular weight is 492 g/mol. The second-order valence-corrected chi connectivity index (χ2v) is 8.88. The van der Waals surface area contributed by atoms with Crippen LogP contribution in [0.2, 0.25) is 0 Å². The molecule has 0 saturated carbocycles. The molecule has 0 fully saturated rings. The molecule has 0 radical (unpaired) electrons. The van der Waals surface area contributed by atoms with Gasteiger partial charge in [0.25, 0.3) is 0 Å². The molecule has 0 aromatic heterocycles. The molecule has 0 aliphatic carbocycles. The Morgan fingerprint density at radius 1 is 0.806 bits per heavy atom. The van der Waals surface area contributed by atoms with Crippen LogP contribution in [0.3, 0.4) is 0 Å². The van der Waals surface area contributed by atoms with Gasteiger partial charge in [0.2, 0.25) is 5.91 Å². The number of nitrogens with one attached hydrogen (secondary N) is 1. The highest BCUT2D eigenvalue weighted by Crippen LogP contribution is 2.28. The van der Waals surface area contributed by atoms with Crippen LogP contribution >= 0.6 is 0 Å². The molecule has 190 valence electrons. The number of fused-ring (bicyclic) bond motifs is 1. The molecule has 0 saturated heterocycles. The van der Waals surface area contributed by atoms with Crippen LogP contribution in [0, 0.1) is 0 Å². The van der Waals surface area contributed by atoms with Crippen LogP contribution in [-0.4, -0.2) is 43.2 Å². The number of hydrogen-bond acceptors (Lipinski definition) is 6. The predicted molar refractivity (Wildman–Crippen MR) is 139 cm³/mol. The molecular weight excluding hydrogens is 458 g/mol. The number of ether oxygens (including phenoxy) is 3. The lowest BCUT2D eigenvalue weighted by molar-refractivity contribution is -0.150.